The van der Waals surface area contributed by atoms with E-state index in [0.29, 0.717) is 47.7 Å². The summed E-state index contributed by atoms with van der Waals surface area (Å²) in [5, 5.41) is 23.5. The van der Waals surface area contributed by atoms with Gasteiger partial charge in [0.05, 0.1) is 11.7 Å². The van der Waals surface area contributed by atoms with E-state index in [1.165, 1.54) is 4.90 Å². The normalized spacial score (nSPS) is 14.7. The number of aromatic nitrogens is 2. The SMILES string of the molecule is CC(C)Oc1ccc(-c2nc(C3=C4CCC(N(CC(=O)N(C)C)C(=O)O)=C4CC=C3)no2)cc1C#N. The van der Waals surface area contributed by atoms with E-state index in [0.717, 1.165) is 21.6 Å². The van der Waals surface area contributed by atoms with E-state index in [-0.39, 0.29) is 24.4 Å². The van der Waals surface area contributed by atoms with Crippen LogP contribution in [0.1, 0.15) is 44.5 Å². The molecule has 10 heteroatoms. The highest BCUT2D eigenvalue weighted by molar-refractivity contribution is 5.84. The number of ether oxygens (including phenoxy) is 1. The smallest absolute Gasteiger partial charge is 0.412 e. The standard InChI is InChI=1S/C26H27N5O5/c1-15(2)35-22-11-8-16(12-17(22)13-27)25-28-24(29-36-25)20-7-5-6-19-18(20)9-10-21(19)31(26(33)34)14-23(32)30(3)4/h5,7-8,11-12,15H,6,9-10,14H2,1-4H3,(H,33,34). The fourth-order valence-corrected chi connectivity index (χ4v) is 4.27. The van der Waals surface area contributed by atoms with Crippen molar-refractivity contribution in [2.75, 3.05) is 20.6 Å². The molecule has 0 saturated carbocycles. The van der Waals surface area contributed by atoms with E-state index < -0.39 is 6.09 Å². The van der Waals surface area contributed by atoms with Gasteiger partial charge in [-0.2, -0.15) is 10.2 Å². The molecule has 0 atom stereocenters. The van der Waals surface area contributed by atoms with Gasteiger partial charge in [0.2, 0.25) is 11.7 Å². The molecule has 1 aromatic heterocycles. The Morgan fingerprint density at radius 1 is 1.25 bits per heavy atom. The number of fused-ring (bicyclic) bond motifs is 1. The molecular formula is C26H27N5O5. The van der Waals surface area contributed by atoms with E-state index in [4.69, 9.17) is 9.26 Å². The van der Waals surface area contributed by atoms with Crippen LogP contribution in [0.2, 0.25) is 0 Å². The molecule has 4 rings (SSSR count). The van der Waals surface area contributed by atoms with Gasteiger partial charge in [0.15, 0.2) is 0 Å². The van der Waals surface area contributed by atoms with Crippen LogP contribution in [-0.2, 0) is 4.79 Å². The Balaban J connectivity index is 1.67. The summed E-state index contributed by atoms with van der Waals surface area (Å²) in [5.41, 5.74) is 4.15. The number of amides is 2. The number of carboxylic acid groups (broad SMARTS) is 1. The van der Waals surface area contributed by atoms with Gasteiger partial charge in [0, 0.05) is 30.9 Å². The lowest BCUT2D eigenvalue weighted by Crippen LogP contribution is -2.39. The maximum absolute atomic E-state index is 12.2. The summed E-state index contributed by atoms with van der Waals surface area (Å²) >= 11 is 0. The number of likely N-dealkylation sites (N-methyl/N-ethyl adjacent to an activating group) is 1. The van der Waals surface area contributed by atoms with Crippen molar-refractivity contribution in [3.05, 3.63) is 58.6 Å². The first-order valence-corrected chi connectivity index (χ1v) is 11.6. The highest BCUT2D eigenvalue weighted by Gasteiger charge is 2.32. The molecule has 0 spiro atoms. The average molecular weight is 490 g/mol. The van der Waals surface area contributed by atoms with Crippen LogP contribution in [0.3, 0.4) is 0 Å². The Kier molecular flexibility index (Phi) is 6.92. The third kappa shape index (κ3) is 4.86. The molecule has 2 aliphatic carbocycles. The summed E-state index contributed by atoms with van der Waals surface area (Å²) in [4.78, 5) is 31.3. The van der Waals surface area contributed by atoms with E-state index in [1.807, 2.05) is 26.0 Å². The Hall–Kier alpha value is -4.39. The topological polar surface area (TPSA) is 133 Å². The lowest BCUT2D eigenvalue weighted by molar-refractivity contribution is -0.129. The number of hydrogen-bond donors (Lipinski definition) is 1. The Morgan fingerprint density at radius 3 is 2.69 bits per heavy atom. The molecule has 1 N–H and O–H groups in total. The summed E-state index contributed by atoms with van der Waals surface area (Å²) in [6.45, 7) is 3.54. The van der Waals surface area contributed by atoms with Gasteiger partial charge in [0.25, 0.3) is 5.89 Å². The van der Waals surface area contributed by atoms with E-state index in [1.54, 1.807) is 32.3 Å². The van der Waals surface area contributed by atoms with E-state index >= 15 is 0 Å². The molecule has 186 valence electrons. The maximum atomic E-state index is 12.2. The molecule has 10 nitrogen and oxygen atoms in total. The average Bonchev–Trinajstić information content (AvgIpc) is 3.49. The third-order valence-corrected chi connectivity index (χ3v) is 5.98. The van der Waals surface area contributed by atoms with Crippen molar-refractivity contribution < 1.29 is 24.0 Å². The summed E-state index contributed by atoms with van der Waals surface area (Å²) < 4.78 is 11.2. The van der Waals surface area contributed by atoms with Gasteiger partial charge in [-0.1, -0.05) is 17.3 Å². The van der Waals surface area contributed by atoms with Crippen LogP contribution in [-0.4, -0.2) is 63.8 Å². The van der Waals surface area contributed by atoms with E-state index in [2.05, 4.69) is 16.2 Å². The first-order chi connectivity index (χ1) is 17.2. The minimum atomic E-state index is -1.16. The van der Waals surface area contributed by atoms with Gasteiger partial charge in [-0.15, -0.1) is 0 Å². The van der Waals surface area contributed by atoms with Crippen LogP contribution in [0.4, 0.5) is 4.79 Å². The van der Waals surface area contributed by atoms with Gasteiger partial charge in [-0.05, 0) is 62.5 Å². The first-order valence-electron chi connectivity index (χ1n) is 11.6. The number of allylic oxidation sites excluding steroid dienone is 6. The van der Waals surface area contributed by atoms with Crippen molar-refractivity contribution in [3.8, 4) is 23.3 Å². The number of nitrogens with zero attached hydrogens (tertiary/aromatic N) is 5. The fraction of sp³-hybridized carbons (Fsp3) is 0.346. The molecule has 1 heterocycles. The number of nitriles is 1. The van der Waals surface area contributed by atoms with Gasteiger partial charge < -0.3 is 19.3 Å². The van der Waals surface area contributed by atoms with Crippen molar-refractivity contribution >= 4 is 17.6 Å². The lowest BCUT2D eigenvalue weighted by Gasteiger charge is -2.23. The molecule has 0 bridgehead atoms. The molecule has 2 aromatic rings. The van der Waals surface area contributed by atoms with Gasteiger partial charge in [0.1, 0.15) is 18.4 Å². The summed E-state index contributed by atoms with van der Waals surface area (Å²) in [6.07, 6.45) is 4.26. The second kappa shape index (κ2) is 10.1. The zero-order valence-corrected chi connectivity index (χ0v) is 20.6. The number of carbonyl (C=O) groups is 2. The number of rotatable bonds is 7. The fourth-order valence-electron chi connectivity index (χ4n) is 4.27. The second-order valence-corrected chi connectivity index (χ2v) is 8.99. The number of carbonyl (C=O) groups excluding carboxylic acids is 1. The molecule has 0 fully saturated rings. The highest BCUT2D eigenvalue weighted by Crippen LogP contribution is 2.43. The summed E-state index contributed by atoms with van der Waals surface area (Å²) in [7, 11) is 3.19. The molecule has 0 unspecified atom stereocenters. The lowest BCUT2D eigenvalue weighted by atomic mass is 9.93. The maximum Gasteiger partial charge on any atom is 0.412 e. The Morgan fingerprint density at radius 2 is 2.03 bits per heavy atom. The largest absolute Gasteiger partial charge is 0.490 e. The van der Waals surface area contributed by atoms with Crippen molar-refractivity contribution in [1.29, 1.82) is 5.26 Å². The molecular weight excluding hydrogens is 462 g/mol. The van der Waals surface area contributed by atoms with Crippen LogP contribution >= 0.6 is 0 Å². The minimum Gasteiger partial charge on any atom is -0.490 e. The molecule has 0 aliphatic heterocycles. The molecule has 0 radical (unpaired) electrons. The second-order valence-electron chi connectivity index (χ2n) is 8.99. The highest BCUT2D eigenvalue weighted by atomic mass is 16.5. The third-order valence-electron chi connectivity index (χ3n) is 5.98. The van der Waals surface area contributed by atoms with Crippen LogP contribution in [0.15, 0.2) is 51.7 Å². The quantitative estimate of drug-likeness (QED) is 0.611. The zero-order valence-electron chi connectivity index (χ0n) is 20.6. The minimum absolute atomic E-state index is 0.0684. The van der Waals surface area contributed by atoms with Crippen molar-refractivity contribution in [1.82, 2.24) is 19.9 Å². The Labute approximate surface area is 208 Å². The Bertz CT molecular complexity index is 1340. The molecule has 36 heavy (non-hydrogen) atoms. The number of hydrogen-bond acceptors (Lipinski definition) is 7. The predicted molar refractivity (Wildman–Crippen MR) is 131 cm³/mol. The molecule has 0 saturated heterocycles. The van der Waals surface area contributed by atoms with Gasteiger partial charge in [-0.25, -0.2) is 4.79 Å². The first kappa shape index (κ1) is 24.7. The monoisotopic (exact) mass is 489 g/mol. The zero-order chi connectivity index (χ0) is 26.0. The molecule has 2 amide bonds. The van der Waals surface area contributed by atoms with Crippen LogP contribution in [0, 0.1) is 11.3 Å². The van der Waals surface area contributed by atoms with Crippen molar-refractivity contribution in [2.24, 2.45) is 0 Å². The van der Waals surface area contributed by atoms with Crippen LogP contribution in [0.25, 0.3) is 17.0 Å². The summed E-state index contributed by atoms with van der Waals surface area (Å²) in [6, 6.07) is 7.25. The predicted octanol–water partition coefficient (Wildman–Crippen LogP) is 4.23. The summed E-state index contributed by atoms with van der Waals surface area (Å²) in [5.74, 6) is 0.832. The van der Waals surface area contributed by atoms with Crippen molar-refractivity contribution in [3.63, 3.8) is 0 Å². The van der Waals surface area contributed by atoms with Crippen LogP contribution in [0.5, 0.6) is 5.75 Å². The molecule has 1 aromatic carbocycles. The van der Waals surface area contributed by atoms with Gasteiger partial charge in [-0.3, -0.25) is 9.69 Å². The van der Waals surface area contributed by atoms with Gasteiger partial charge >= 0.3 is 6.09 Å². The van der Waals surface area contributed by atoms with E-state index in [9.17, 15) is 20.0 Å². The van der Waals surface area contributed by atoms with Crippen molar-refractivity contribution in [2.45, 2.75) is 39.2 Å². The van der Waals surface area contributed by atoms with Crippen LogP contribution < -0.4 is 4.74 Å². The molecule has 2 aliphatic rings. The number of benzene rings is 1.